The van der Waals surface area contributed by atoms with E-state index >= 15 is 0 Å². The molecule has 0 saturated heterocycles. The Labute approximate surface area is 109 Å². The molecule has 0 heterocycles. The van der Waals surface area contributed by atoms with E-state index in [9.17, 15) is 0 Å². The van der Waals surface area contributed by atoms with Crippen LogP contribution < -0.4 is 14.8 Å². The van der Waals surface area contributed by atoms with Crippen molar-refractivity contribution in [1.29, 1.82) is 0 Å². The van der Waals surface area contributed by atoms with Gasteiger partial charge in [-0.3, -0.25) is 0 Å². The normalized spacial score (nSPS) is 10.3. The lowest BCUT2D eigenvalue weighted by molar-refractivity contribution is 0.285. The molecule has 0 saturated carbocycles. The molecule has 1 aromatic carbocycles. The molecule has 102 valence electrons. The Balaban J connectivity index is 2.13. The van der Waals surface area contributed by atoms with Crippen molar-refractivity contribution in [3.63, 3.8) is 0 Å². The third kappa shape index (κ3) is 6.47. The van der Waals surface area contributed by atoms with Crippen molar-refractivity contribution < 1.29 is 14.6 Å². The first-order valence-corrected chi connectivity index (χ1v) is 6.54. The molecule has 0 amide bonds. The Morgan fingerprint density at radius 2 is 1.89 bits per heavy atom. The van der Waals surface area contributed by atoms with Crippen LogP contribution >= 0.6 is 0 Å². The second-order valence-corrected chi connectivity index (χ2v) is 3.94. The molecule has 0 bridgehead atoms. The summed E-state index contributed by atoms with van der Waals surface area (Å²) in [4.78, 5) is 0. The van der Waals surface area contributed by atoms with Gasteiger partial charge in [0.1, 0.15) is 11.5 Å². The number of hydrogen-bond donors (Lipinski definition) is 2. The minimum absolute atomic E-state index is 0.195. The van der Waals surface area contributed by atoms with Gasteiger partial charge in [0, 0.05) is 12.6 Å². The van der Waals surface area contributed by atoms with Crippen LogP contribution in [-0.4, -0.2) is 38.0 Å². The fourth-order valence-electron chi connectivity index (χ4n) is 1.57. The Hall–Kier alpha value is -1.26. The molecule has 4 heteroatoms. The summed E-state index contributed by atoms with van der Waals surface area (Å²) in [5.74, 6) is 1.70. The number of unbranched alkanes of at least 4 members (excludes halogenated alkanes) is 1. The number of hydrogen-bond acceptors (Lipinski definition) is 4. The Morgan fingerprint density at radius 1 is 1.11 bits per heavy atom. The molecular weight excluding hydrogens is 230 g/mol. The van der Waals surface area contributed by atoms with Gasteiger partial charge in [-0.05, 0) is 38.4 Å². The van der Waals surface area contributed by atoms with E-state index in [4.69, 9.17) is 14.6 Å². The lowest BCUT2D eigenvalue weighted by atomic mass is 10.3. The Kier molecular flexibility index (Phi) is 8.01. The van der Waals surface area contributed by atoms with E-state index in [1.54, 1.807) is 0 Å². The van der Waals surface area contributed by atoms with Crippen molar-refractivity contribution in [2.75, 3.05) is 32.9 Å². The topological polar surface area (TPSA) is 50.7 Å². The highest BCUT2D eigenvalue weighted by Gasteiger charge is 1.97. The molecule has 0 radical (unpaired) electrons. The average Bonchev–Trinajstić information content (AvgIpc) is 2.39. The Morgan fingerprint density at radius 3 is 2.61 bits per heavy atom. The van der Waals surface area contributed by atoms with Crippen LogP contribution in [0.1, 0.15) is 19.8 Å². The maximum absolute atomic E-state index is 8.59. The first-order valence-electron chi connectivity index (χ1n) is 6.54. The smallest absolute Gasteiger partial charge is 0.122 e. The van der Waals surface area contributed by atoms with Crippen LogP contribution in [0.4, 0.5) is 0 Å². The largest absolute Gasteiger partial charge is 0.494 e. The van der Waals surface area contributed by atoms with Crippen molar-refractivity contribution >= 4 is 0 Å². The van der Waals surface area contributed by atoms with Gasteiger partial charge >= 0.3 is 0 Å². The SMILES string of the molecule is CCOc1cccc(OCCCCNCCO)c1. The Bertz CT molecular complexity index is 318. The molecule has 0 aromatic heterocycles. The second kappa shape index (κ2) is 9.74. The molecule has 0 spiro atoms. The van der Waals surface area contributed by atoms with Crippen molar-refractivity contribution in [3.8, 4) is 11.5 Å². The van der Waals surface area contributed by atoms with Crippen LogP contribution in [0.3, 0.4) is 0 Å². The molecule has 1 rings (SSSR count). The van der Waals surface area contributed by atoms with E-state index in [0.717, 1.165) is 30.9 Å². The molecular formula is C14H23NO3. The number of aliphatic hydroxyl groups excluding tert-OH is 1. The minimum atomic E-state index is 0.195. The number of benzene rings is 1. The van der Waals surface area contributed by atoms with Gasteiger partial charge in [-0.1, -0.05) is 6.07 Å². The lowest BCUT2D eigenvalue weighted by Crippen LogP contribution is -2.19. The van der Waals surface area contributed by atoms with Crippen molar-refractivity contribution in [2.24, 2.45) is 0 Å². The standard InChI is InChI=1S/C14H23NO3/c1-2-17-13-6-5-7-14(12-13)18-11-4-3-8-15-9-10-16/h5-7,12,15-16H,2-4,8-11H2,1H3. The van der Waals surface area contributed by atoms with E-state index in [0.29, 0.717) is 19.8 Å². The first kappa shape index (κ1) is 14.8. The van der Waals surface area contributed by atoms with Gasteiger partial charge in [-0.15, -0.1) is 0 Å². The third-order valence-electron chi connectivity index (χ3n) is 2.42. The van der Waals surface area contributed by atoms with Gasteiger partial charge in [0.25, 0.3) is 0 Å². The van der Waals surface area contributed by atoms with Gasteiger partial charge < -0.3 is 19.9 Å². The molecule has 0 aliphatic rings. The molecule has 0 aliphatic heterocycles. The fourth-order valence-corrected chi connectivity index (χ4v) is 1.57. The maximum Gasteiger partial charge on any atom is 0.122 e. The van der Waals surface area contributed by atoms with Gasteiger partial charge in [0.15, 0.2) is 0 Å². The summed E-state index contributed by atoms with van der Waals surface area (Å²) in [5, 5.41) is 11.7. The molecule has 0 fully saturated rings. The summed E-state index contributed by atoms with van der Waals surface area (Å²) < 4.78 is 11.0. The molecule has 18 heavy (non-hydrogen) atoms. The van der Waals surface area contributed by atoms with Crippen molar-refractivity contribution in [2.45, 2.75) is 19.8 Å². The quantitative estimate of drug-likeness (QED) is 0.625. The molecule has 4 nitrogen and oxygen atoms in total. The monoisotopic (exact) mass is 253 g/mol. The third-order valence-corrected chi connectivity index (χ3v) is 2.42. The summed E-state index contributed by atoms with van der Waals surface area (Å²) in [6, 6.07) is 7.71. The van der Waals surface area contributed by atoms with Crippen LogP contribution in [0.15, 0.2) is 24.3 Å². The van der Waals surface area contributed by atoms with E-state index < -0.39 is 0 Å². The summed E-state index contributed by atoms with van der Waals surface area (Å²) in [5.41, 5.74) is 0. The molecule has 0 atom stereocenters. The summed E-state index contributed by atoms with van der Waals surface area (Å²) in [7, 11) is 0. The zero-order valence-corrected chi connectivity index (χ0v) is 11.0. The van der Waals surface area contributed by atoms with Crippen LogP contribution in [-0.2, 0) is 0 Å². The number of ether oxygens (including phenoxy) is 2. The zero-order chi connectivity index (χ0) is 13.1. The van der Waals surface area contributed by atoms with E-state index in [2.05, 4.69) is 5.32 Å². The zero-order valence-electron chi connectivity index (χ0n) is 11.0. The van der Waals surface area contributed by atoms with Gasteiger partial charge in [0.2, 0.25) is 0 Å². The van der Waals surface area contributed by atoms with Crippen molar-refractivity contribution in [3.05, 3.63) is 24.3 Å². The average molecular weight is 253 g/mol. The first-order chi connectivity index (χ1) is 8.86. The number of nitrogens with one attached hydrogen (secondary N) is 1. The highest BCUT2D eigenvalue weighted by atomic mass is 16.5. The molecule has 0 unspecified atom stereocenters. The predicted octanol–water partition coefficient (Wildman–Crippen LogP) is 1.83. The fraction of sp³-hybridized carbons (Fsp3) is 0.571. The van der Waals surface area contributed by atoms with E-state index in [1.807, 2.05) is 31.2 Å². The summed E-state index contributed by atoms with van der Waals surface area (Å²) >= 11 is 0. The number of aliphatic hydroxyl groups is 1. The second-order valence-electron chi connectivity index (χ2n) is 3.94. The predicted molar refractivity (Wildman–Crippen MR) is 72.3 cm³/mol. The van der Waals surface area contributed by atoms with Crippen LogP contribution in [0.25, 0.3) is 0 Å². The van der Waals surface area contributed by atoms with Gasteiger partial charge in [0.05, 0.1) is 19.8 Å². The van der Waals surface area contributed by atoms with Crippen LogP contribution in [0.2, 0.25) is 0 Å². The molecule has 0 aliphatic carbocycles. The van der Waals surface area contributed by atoms with E-state index in [1.165, 1.54) is 0 Å². The van der Waals surface area contributed by atoms with Crippen LogP contribution in [0, 0.1) is 0 Å². The van der Waals surface area contributed by atoms with Crippen LogP contribution in [0.5, 0.6) is 11.5 Å². The molecule has 2 N–H and O–H groups in total. The maximum atomic E-state index is 8.59. The summed E-state index contributed by atoms with van der Waals surface area (Å²) in [6.07, 6.45) is 2.04. The van der Waals surface area contributed by atoms with Crippen molar-refractivity contribution in [1.82, 2.24) is 5.32 Å². The van der Waals surface area contributed by atoms with Gasteiger partial charge in [-0.25, -0.2) is 0 Å². The van der Waals surface area contributed by atoms with Gasteiger partial charge in [-0.2, -0.15) is 0 Å². The highest BCUT2D eigenvalue weighted by Crippen LogP contribution is 2.19. The highest BCUT2D eigenvalue weighted by molar-refractivity contribution is 5.32. The molecule has 1 aromatic rings. The van der Waals surface area contributed by atoms with E-state index in [-0.39, 0.29) is 6.61 Å². The number of rotatable bonds is 10. The minimum Gasteiger partial charge on any atom is -0.494 e. The summed E-state index contributed by atoms with van der Waals surface area (Å²) in [6.45, 7) is 5.12. The lowest BCUT2D eigenvalue weighted by Gasteiger charge is -2.08.